The Balaban J connectivity index is 2.29. The number of anilines is 1. The molecule has 0 saturated carbocycles. The molecule has 0 aromatic heterocycles. The molecule has 0 aliphatic rings. The molecule has 150 valence electrons. The van der Waals surface area contributed by atoms with E-state index in [-0.39, 0.29) is 17.9 Å². The molecular weight excluding hydrogens is 424 g/mol. The van der Waals surface area contributed by atoms with Gasteiger partial charge in [-0.15, -0.1) is 0 Å². The molecule has 28 heavy (non-hydrogen) atoms. The van der Waals surface area contributed by atoms with Crippen LogP contribution in [0.3, 0.4) is 0 Å². The fourth-order valence-electron chi connectivity index (χ4n) is 2.52. The van der Waals surface area contributed by atoms with E-state index in [2.05, 4.69) is 26.6 Å². The van der Waals surface area contributed by atoms with Gasteiger partial charge in [0.15, 0.2) is 11.5 Å². The maximum Gasteiger partial charge on any atom is 0.255 e. The van der Waals surface area contributed by atoms with Crippen LogP contribution in [0.1, 0.15) is 47.9 Å². The fraction of sp³-hybridized carbons (Fsp3) is 0.333. The Morgan fingerprint density at radius 3 is 2.50 bits per heavy atom. The smallest absolute Gasteiger partial charge is 0.255 e. The predicted octanol–water partition coefficient (Wildman–Crippen LogP) is 4.64. The molecule has 2 aromatic rings. The third kappa shape index (κ3) is 5.48. The van der Waals surface area contributed by atoms with Crippen LogP contribution < -0.4 is 20.1 Å². The van der Waals surface area contributed by atoms with Gasteiger partial charge < -0.3 is 20.1 Å². The molecule has 0 radical (unpaired) electrons. The van der Waals surface area contributed by atoms with Gasteiger partial charge in [0.2, 0.25) is 0 Å². The Morgan fingerprint density at radius 2 is 1.86 bits per heavy atom. The normalized spacial score (nSPS) is 10.5. The molecule has 0 unspecified atom stereocenters. The Morgan fingerprint density at radius 1 is 1.14 bits per heavy atom. The number of hydrogen-bond acceptors (Lipinski definition) is 4. The zero-order chi connectivity index (χ0) is 20.7. The minimum absolute atomic E-state index is 0.00728. The van der Waals surface area contributed by atoms with Crippen molar-refractivity contribution >= 4 is 33.4 Å². The quantitative estimate of drug-likeness (QED) is 0.616. The lowest BCUT2D eigenvalue weighted by molar-refractivity contribution is 0.0944. The van der Waals surface area contributed by atoms with Gasteiger partial charge in [-0.05, 0) is 60.5 Å². The van der Waals surface area contributed by atoms with Crippen LogP contribution in [0.15, 0.2) is 40.9 Å². The molecule has 0 fully saturated rings. The molecule has 2 aromatic carbocycles. The number of nitrogens with one attached hydrogen (secondary N) is 2. The molecule has 0 heterocycles. The second-order valence-electron chi connectivity index (χ2n) is 6.47. The number of amides is 2. The van der Waals surface area contributed by atoms with Gasteiger partial charge in [0.05, 0.1) is 29.4 Å². The van der Waals surface area contributed by atoms with Gasteiger partial charge in [-0.2, -0.15) is 0 Å². The van der Waals surface area contributed by atoms with Gasteiger partial charge >= 0.3 is 0 Å². The number of rotatable bonds is 8. The summed E-state index contributed by atoms with van der Waals surface area (Å²) in [7, 11) is 1.52. The first-order valence-electron chi connectivity index (χ1n) is 9.08. The van der Waals surface area contributed by atoms with E-state index in [1.54, 1.807) is 36.4 Å². The van der Waals surface area contributed by atoms with Gasteiger partial charge in [-0.3, -0.25) is 9.59 Å². The first kappa shape index (κ1) is 21.8. The van der Waals surface area contributed by atoms with Crippen molar-refractivity contribution in [1.82, 2.24) is 5.32 Å². The van der Waals surface area contributed by atoms with Crippen molar-refractivity contribution in [2.24, 2.45) is 0 Å². The second-order valence-corrected chi connectivity index (χ2v) is 7.32. The average molecular weight is 449 g/mol. The average Bonchev–Trinajstić information content (AvgIpc) is 2.66. The van der Waals surface area contributed by atoms with Crippen LogP contribution >= 0.6 is 15.9 Å². The monoisotopic (exact) mass is 448 g/mol. The van der Waals surface area contributed by atoms with E-state index in [1.807, 2.05) is 20.8 Å². The number of methoxy groups -OCH3 is 1. The Labute approximate surface area is 173 Å². The molecule has 0 saturated heterocycles. The molecule has 0 aliphatic heterocycles. The Kier molecular flexibility index (Phi) is 7.87. The summed E-state index contributed by atoms with van der Waals surface area (Å²) >= 11 is 3.44. The minimum Gasteiger partial charge on any atom is -0.493 e. The maximum atomic E-state index is 12.8. The number of halogens is 1. The van der Waals surface area contributed by atoms with Crippen molar-refractivity contribution in [2.45, 2.75) is 33.2 Å². The van der Waals surface area contributed by atoms with Crippen LogP contribution in [-0.4, -0.2) is 31.6 Å². The summed E-state index contributed by atoms with van der Waals surface area (Å²) in [6, 6.07) is 10.2. The highest BCUT2D eigenvalue weighted by molar-refractivity contribution is 9.10. The number of carbonyl (C=O) groups is 2. The second kappa shape index (κ2) is 10.1. The van der Waals surface area contributed by atoms with Gasteiger partial charge in [-0.25, -0.2) is 0 Å². The van der Waals surface area contributed by atoms with E-state index in [0.29, 0.717) is 39.4 Å². The van der Waals surface area contributed by atoms with Crippen LogP contribution in [-0.2, 0) is 0 Å². The zero-order valence-electron chi connectivity index (χ0n) is 16.5. The van der Waals surface area contributed by atoms with E-state index < -0.39 is 0 Å². The lowest BCUT2D eigenvalue weighted by Gasteiger charge is -2.15. The lowest BCUT2D eigenvalue weighted by Crippen LogP contribution is -2.31. The van der Waals surface area contributed by atoms with Crippen LogP contribution in [0.25, 0.3) is 0 Å². The van der Waals surface area contributed by atoms with E-state index in [4.69, 9.17) is 9.47 Å². The van der Waals surface area contributed by atoms with Crippen molar-refractivity contribution in [1.29, 1.82) is 0 Å². The first-order chi connectivity index (χ1) is 13.4. The van der Waals surface area contributed by atoms with Crippen LogP contribution in [0, 0.1) is 0 Å². The van der Waals surface area contributed by atoms with Crippen LogP contribution in [0.4, 0.5) is 5.69 Å². The minimum atomic E-state index is -0.356. The molecular formula is C21H25BrN2O4. The van der Waals surface area contributed by atoms with E-state index in [1.165, 1.54) is 7.11 Å². The lowest BCUT2D eigenvalue weighted by atomic mass is 10.1. The van der Waals surface area contributed by atoms with Crippen molar-refractivity contribution in [3.8, 4) is 11.5 Å². The SMILES string of the molecule is CCCOc1c(Br)cc(C(=O)Nc2ccccc2C(=O)NC(C)C)cc1OC. The Bertz CT molecular complexity index is 852. The third-order valence-electron chi connectivity index (χ3n) is 3.78. The summed E-state index contributed by atoms with van der Waals surface area (Å²) in [6.07, 6.45) is 0.854. The molecule has 0 spiro atoms. The summed E-state index contributed by atoms with van der Waals surface area (Å²) in [5.41, 5.74) is 1.22. The number of benzene rings is 2. The van der Waals surface area contributed by atoms with Gasteiger partial charge in [-0.1, -0.05) is 19.1 Å². The topological polar surface area (TPSA) is 76.7 Å². The fourth-order valence-corrected chi connectivity index (χ4v) is 3.08. The van der Waals surface area contributed by atoms with Crippen molar-refractivity contribution in [2.75, 3.05) is 19.0 Å². The predicted molar refractivity (Wildman–Crippen MR) is 113 cm³/mol. The molecule has 0 bridgehead atoms. The summed E-state index contributed by atoms with van der Waals surface area (Å²) in [5.74, 6) is 0.412. The molecule has 2 rings (SSSR count). The number of para-hydroxylation sites is 1. The third-order valence-corrected chi connectivity index (χ3v) is 4.37. The maximum absolute atomic E-state index is 12.8. The van der Waals surface area contributed by atoms with Gasteiger partial charge in [0.25, 0.3) is 11.8 Å². The van der Waals surface area contributed by atoms with Gasteiger partial charge in [0, 0.05) is 11.6 Å². The summed E-state index contributed by atoms with van der Waals surface area (Å²) in [5, 5.41) is 5.64. The highest BCUT2D eigenvalue weighted by atomic mass is 79.9. The standard InChI is InChI=1S/C21H25BrN2O4/c1-5-10-28-19-16(22)11-14(12-18(19)27-4)20(25)24-17-9-7-6-8-15(17)21(26)23-13(2)3/h6-9,11-13H,5,10H2,1-4H3,(H,23,26)(H,24,25). The first-order valence-corrected chi connectivity index (χ1v) is 9.88. The number of hydrogen-bond donors (Lipinski definition) is 2. The highest BCUT2D eigenvalue weighted by Crippen LogP contribution is 2.37. The van der Waals surface area contributed by atoms with Crippen molar-refractivity contribution < 1.29 is 19.1 Å². The van der Waals surface area contributed by atoms with E-state index in [9.17, 15) is 9.59 Å². The highest BCUT2D eigenvalue weighted by Gasteiger charge is 2.18. The van der Waals surface area contributed by atoms with Crippen molar-refractivity contribution in [3.63, 3.8) is 0 Å². The number of carbonyl (C=O) groups excluding carboxylic acids is 2. The molecule has 7 heteroatoms. The summed E-state index contributed by atoms with van der Waals surface area (Å²) in [6.45, 7) is 6.31. The Hall–Kier alpha value is -2.54. The van der Waals surface area contributed by atoms with E-state index >= 15 is 0 Å². The molecule has 0 aliphatic carbocycles. The van der Waals surface area contributed by atoms with Gasteiger partial charge in [0.1, 0.15) is 0 Å². The molecule has 2 N–H and O–H groups in total. The summed E-state index contributed by atoms with van der Waals surface area (Å²) in [4.78, 5) is 25.2. The zero-order valence-corrected chi connectivity index (χ0v) is 18.1. The summed E-state index contributed by atoms with van der Waals surface area (Å²) < 4.78 is 11.7. The molecule has 6 nitrogen and oxygen atoms in total. The van der Waals surface area contributed by atoms with Crippen molar-refractivity contribution in [3.05, 3.63) is 52.0 Å². The molecule has 0 atom stereocenters. The number of ether oxygens (including phenoxy) is 2. The van der Waals surface area contributed by atoms with E-state index in [0.717, 1.165) is 6.42 Å². The molecule has 2 amide bonds. The van der Waals surface area contributed by atoms with Crippen LogP contribution in [0.2, 0.25) is 0 Å². The largest absolute Gasteiger partial charge is 0.493 e. The van der Waals surface area contributed by atoms with Crippen LogP contribution in [0.5, 0.6) is 11.5 Å².